The molecule has 0 aliphatic rings. The van der Waals surface area contributed by atoms with E-state index in [0.717, 1.165) is 29.6 Å². The third kappa shape index (κ3) is 7.84. The summed E-state index contributed by atoms with van der Waals surface area (Å²) in [7, 11) is 0. The Balaban J connectivity index is 3.82. The van der Waals surface area contributed by atoms with Crippen molar-refractivity contribution in [1.82, 2.24) is 0 Å². The first kappa shape index (κ1) is 17.0. The van der Waals surface area contributed by atoms with Crippen LogP contribution in [0.4, 0.5) is 0 Å². The summed E-state index contributed by atoms with van der Waals surface area (Å²) in [5, 5.41) is 0. The number of hydrogen-bond acceptors (Lipinski definition) is 0. The van der Waals surface area contributed by atoms with Crippen molar-refractivity contribution >= 4 is 0 Å². The van der Waals surface area contributed by atoms with Crippen LogP contribution in [-0.4, -0.2) is 0 Å². The maximum atomic E-state index is 2.42. The molecule has 104 valence electrons. The average Bonchev–Trinajstić information content (AvgIpc) is 2.26. The van der Waals surface area contributed by atoms with E-state index < -0.39 is 0 Å². The van der Waals surface area contributed by atoms with Gasteiger partial charge in [-0.05, 0) is 36.0 Å². The summed E-state index contributed by atoms with van der Waals surface area (Å²) in [6.07, 6.45) is 7.11. The van der Waals surface area contributed by atoms with E-state index >= 15 is 0 Å². The van der Waals surface area contributed by atoms with E-state index in [2.05, 4.69) is 48.5 Å². The Morgan fingerprint density at radius 2 is 1.24 bits per heavy atom. The molecule has 0 aromatic heterocycles. The van der Waals surface area contributed by atoms with Gasteiger partial charge in [-0.3, -0.25) is 0 Å². The smallest absolute Gasteiger partial charge is 0.0414 e. The monoisotopic (exact) mass is 240 g/mol. The summed E-state index contributed by atoms with van der Waals surface area (Å²) in [4.78, 5) is 0. The minimum absolute atomic E-state index is 0.846. The summed E-state index contributed by atoms with van der Waals surface area (Å²) in [6, 6.07) is 0. The molecule has 0 N–H and O–H groups in total. The van der Waals surface area contributed by atoms with Gasteiger partial charge in [0.25, 0.3) is 0 Å². The van der Waals surface area contributed by atoms with Gasteiger partial charge in [-0.15, -0.1) is 0 Å². The predicted octanol–water partition coefficient (Wildman–Crippen LogP) is 6.16. The Morgan fingerprint density at radius 3 is 1.65 bits per heavy atom. The fraction of sp³-hybridized carbons (Fsp3) is 1.00. The van der Waals surface area contributed by atoms with E-state index in [1.165, 1.54) is 32.1 Å². The molecule has 0 aliphatic carbocycles. The van der Waals surface area contributed by atoms with Crippen LogP contribution in [0.3, 0.4) is 0 Å². The van der Waals surface area contributed by atoms with Gasteiger partial charge in [0.15, 0.2) is 0 Å². The van der Waals surface area contributed by atoms with Gasteiger partial charge in [0.1, 0.15) is 0 Å². The van der Waals surface area contributed by atoms with Gasteiger partial charge in [-0.25, -0.2) is 0 Å². The third-order valence-corrected chi connectivity index (χ3v) is 4.83. The molecule has 3 unspecified atom stereocenters. The van der Waals surface area contributed by atoms with Gasteiger partial charge in [0, 0.05) is 0 Å². The zero-order valence-corrected chi connectivity index (χ0v) is 13.4. The highest BCUT2D eigenvalue weighted by Crippen LogP contribution is 2.27. The van der Waals surface area contributed by atoms with Crippen LogP contribution < -0.4 is 0 Å². The molecule has 0 rings (SSSR count). The highest BCUT2D eigenvalue weighted by Gasteiger charge is 2.15. The Morgan fingerprint density at radius 1 is 0.706 bits per heavy atom. The van der Waals surface area contributed by atoms with Gasteiger partial charge in [-0.1, -0.05) is 74.1 Å². The fourth-order valence-corrected chi connectivity index (χ4v) is 2.35. The molecule has 17 heavy (non-hydrogen) atoms. The second-order valence-electron chi connectivity index (χ2n) is 6.88. The second-order valence-corrected chi connectivity index (χ2v) is 6.88. The molecule has 0 aromatic rings. The lowest BCUT2D eigenvalue weighted by Crippen LogP contribution is -2.12. The Kier molecular flexibility index (Phi) is 9.00. The first-order valence-corrected chi connectivity index (χ1v) is 7.88. The number of hydrogen-bond donors (Lipinski definition) is 0. The van der Waals surface area contributed by atoms with Crippen molar-refractivity contribution in [2.75, 3.05) is 0 Å². The molecule has 0 spiro atoms. The van der Waals surface area contributed by atoms with Crippen LogP contribution in [0.25, 0.3) is 0 Å². The zero-order chi connectivity index (χ0) is 13.4. The van der Waals surface area contributed by atoms with Crippen LogP contribution in [0.2, 0.25) is 0 Å². The van der Waals surface area contributed by atoms with Crippen LogP contribution in [0, 0.1) is 29.6 Å². The van der Waals surface area contributed by atoms with Crippen LogP contribution in [0.15, 0.2) is 0 Å². The topological polar surface area (TPSA) is 0 Å². The molecule has 0 heterocycles. The summed E-state index contributed by atoms with van der Waals surface area (Å²) in [5.74, 6) is 4.45. The van der Waals surface area contributed by atoms with E-state index in [4.69, 9.17) is 0 Å². The molecule has 0 aromatic carbocycles. The van der Waals surface area contributed by atoms with Gasteiger partial charge >= 0.3 is 0 Å². The first-order chi connectivity index (χ1) is 7.88. The second kappa shape index (κ2) is 9.00. The lowest BCUT2D eigenvalue weighted by molar-refractivity contribution is 0.284. The summed E-state index contributed by atoms with van der Waals surface area (Å²) in [6.45, 7) is 16.6. The third-order valence-electron chi connectivity index (χ3n) is 4.83. The van der Waals surface area contributed by atoms with Crippen LogP contribution in [-0.2, 0) is 0 Å². The number of rotatable bonds is 9. The molecule has 0 heteroatoms. The van der Waals surface area contributed by atoms with E-state index in [1.54, 1.807) is 0 Å². The highest BCUT2D eigenvalue weighted by atomic mass is 14.2. The van der Waals surface area contributed by atoms with Crippen LogP contribution in [0.5, 0.6) is 0 Å². The molecule has 0 fully saturated rings. The van der Waals surface area contributed by atoms with Crippen molar-refractivity contribution in [3.63, 3.8) is 0 Å². The minimum atomic E-state index is 0.846. The van der Waals surface area contributed by atoms with Gasteiger partial charge in [0.05, 0.1) is 0 Å². The molecule has 0 radical (unpaired) electrons. The van der Waals surface area contributed by atoms with Crippen LogP contribution >= 0.6 is 0 Å². The molecule has 0 saturated carbocycles. The molecule has 0 aliphatic heterocycles. The van der Waals surface area contributed by atoms with Crippen molar-refractivity contribution in [2.24, 2.45) is 29.6 Å². The standard InChI is InChI=1S/C17H36/c1-8-17(12-16(7)14(4)5)11-9-10-15(6)13(2)3/h13-17H,8-12H2,1-7H3. The predicted molar refractivity (Wildman–Crippen MR) is 80.3 cm³/mol. The highest BCUT2D eigenvalue weighted by molar-refractivity contribution is 4.66. The minimum Gasteiger partial charge on any atom is -0.0651 e. The first-order valence-electron chi connectivity index (χ1n) is 7.88. The quantitative estimate of drug-likeness (QED) is 0.453. The largest absolute Gasteiger partial charge is 0.0651 e. The van der Waals surface area contributed by atoms with Crippen molar-refractivity contribution in [3.8, 4) is 0 Å². The normalized spacial score (nSPS) is 17.5. The fourth-order valence-electron chi connectivity index (χ4n) is 2.35. The maximum absolute atomic E-state index is 2.42. The molecular weight excluding hydrogens is 204 g/mol. The van der Waals surface area contributed by atoms with Gasteiger partial charge in [-0.2, -0.15) is 0 Å². The molecule has 0 amide bonds. The van der Waals surface area contributed by atoms with Crippen LogP contribution in [0.1, 0.15) is 80.6 Å². The van der Waals surface area contributed by atoms with E-state index in [9.17, 15) is 0 Å². The lowest BCUT2D eigenvalue weighted by atomic mass is 9.83. The summed E-state index contributed by atoms with van der Waals surface area (Å²) < 4.78 is 0. The van der Waals surface area contributed by atoms with Gasteiger partial charge < -0.3 is 0 Å². The summed E-state index contributed by atoms with van der Waals surface area (Å²) in [5.41, 5.74) is 0. The SMILES string of the molecule is CCC(CCCC(C)C(C)C)CC(C)C(C)C. The van der Waals surface area contributed by atoms with Gasteiger partial charge in [0.2, 0.25) is 0 Å². The van der Waals surface area contributed by atoms with Crippen molar-refractivity contribution in [1.29, 1.82) is 0 Å². The van der Waals surface area contributed by atoms with Crippen molar-refractivity contribution < 1.29 is 0 Å². The molecular formula is C17H36. The zero-order valence-electron chi connectivity index (χ0n) is 13.4. The maximum Gasteiger partial charge on any atom is -0.0414 e. The van der Waals surface area contributed by atoms with Crippen molar-refractivity contribution in [3.05, 3.63) is 0 Å². The molecule has 3 atom stereocenters. The Labute approximate surface area is 111 Å². The molecule has 0 nitrogen and oxygen atoms in total. The average molecular weight is 240 g/mol. The molecule has 0 saturated heterocycles. The van der Waals surface area contributed by atoms with E-state index in [-0.39, 0.29) is 0 Å². The van der Waals surface area contributed by atoms with Crippen molar-refractivity contribution in [2.45, 2.75) is 80.6 Å². The Hall–Kier alpha value is 0. The lowest BCUT2D eigenvalue weighted by Gasteiger charge is -2.23. The van der Waals surface area contributed by atoms with E-state index in [0.29, 0.717) is 0 Å². The molecule has 0 bridgehead atoms. The van der Waals surface area contributed by atoms with E-state index in [1.807, 2.05) is 0 Å². The Bertz CT molecular complexity index is 169. The summed E-state index contributed by atoms with van der Waals surface area (Å²) >= 11 is 0.